The summed E-state index contributed by atoms with van der Waals surface area (Å²) in [7, 11) is 1.94. The van der Waals surface area contributed by atoms with E-state index in [1.807, 2.05) is 7.05 Å². The summed E-state index contributed by atoms with van der Waals surface area (Å²) in [6.07, 6.45) is 4.71. The molecule has 2 nitrogen and oxygen atoms in total. The Morgan fingerprint density at radius 1 is 1.45 bits per heavy atom. The summed E-state index contributed by atoms with van der Waals surface area (Å²) in [4.78, 5) is 0. The van der Waals surface area contributed by atoms with Crippen LogP contribution in [0, 0.1) is 5.41 Å². The molecule has 0 heterocycles. The Kier molecular flexibility index (Phi) is 3.36. The molecular weight excluding hydrogens is 251 g/mol. The second-order valence-electron chi connectivity index (χ2n) is 2.73. The van der Waals surface area contributed by atoms with Crippen LogP contribution in [-0.4, -0.2) is 10.8 Å². The van der Waals surface area contributed by atoms with Crippen LogP contribution in [0.2, 0.25) is 0 Å². The third-order valence-corrected chi connectivity index (χ3v) is 2.69. The van der Waals surface area contributed by atoms with Gasteiger partial charge in [-0.2, -0.15) is 0 Å². The van der Waals surface area contributed by atoms with E-state index in [1.54, 1.807) is 0 Å². The Hall–Kier alpha value is -0.0600. The van der Waals surface area contributed by atoms with Crippen molar-refractivity contribution in [2.24, 2.45) is 0 Å². The molecule has 0 aromatic rings. The Bertz CT molecular complexity index is 196. The highest BCUT2D eigenvalue weighted by Gasteiger charge is 2.13. The minimum Gasteiger partial charge on any atom is -0.391 e. The fraction of sp³-hybridized carbons (Fsp3) is 0.625. The summed E-state index contributed by atoms with van der Waals surface area (Å²) >= 11 is 2.09. The van der Waals surface area contributed by atoms with Gasteiger partial charge < -0.3 is 5.32 Å². The smallest absolute Gasteiger partial charge is 0.0968 e. The van der Waals surface area contributed by atoms with Crippen LogP contribution >= 0.6 is 22.6 Å². The zero-order chi connectivity index (χ0) is 8.27. The van der Waals surface area contributed by atoms with Crippen molar-refractivity contribution in [3.05, 3.63) is 11.3 Å². The zero-order valence-corrected chi connectivity index (χ0v) is 8.86. The van der Waals surface area contributed by atoms with E-state index in [2.05, 4.69) is 27.9 Å². The third kappa shape index (κ3) is 2.18. The van der Waals surface area contributed by atoms with E-state index >= 15 is 0 Å². The minimum atomic E-state index is 0.701. The molecule has 0 aromatic carbocycles. The molecule has 0 spiro atoms. The first kappa shape index (κ1) is 9.03. The summed E-state index contributed by atoms with van der Waals surface area (Å²) in [5.41, 5.74) is 2.50. The van der Waals surface area contributed by atoms with Crippen LogP contribution in [0.5, 0.6) is 0 Å². The summed E-state index contributed by atoms with van der Waals surface area (Å²) < 4.78 is 0.701. The molecule has 0 atom stereocenters. The molecule has 3 heteroatoms. The molecule has 1 aliphatic rings. The molecule has 0 fully saturated rings. The second kappa shape index (κ2) is 4.09. The lowest BCUT2D eigenvalue weighted by molar-refractivity contribution is 0.655. The van der Waals surface area contributed by atoms with Gasteiger partial charge in [-0.15, -0.1) is 0 Å². The first-order valence-electron chi connectivity index (χ1n) is 3.90. The molecule has 0 bridgehead atoms. The molecule has 1 aliphatic carbocycles. The maximum atomic E-state index is 7.51. The van der Waals surface area contributed by atoms with Gasteiger partial charge in [-0.1, -0.05) is 0 Å². The minimum absolute atomic E-state index is 0.701. The Balaban J connectivity index is 2.81. The SMILES string of the molecule is CNC1=C(C(=N)I)CCCC1. The van der Waals surface area contributed by atoms with Gasteiger partial charge >= 0.3 is 0 Å². The van der Waals surface area contributed by atoms with E-state index in [9.17, 15) is 0 Å². The fourth-order valence-electron chi connectivity index (χ4n) is 1.42. The van der Waals surface area contributed by atoms with Gasteiger partial charge in [0.2, 0.25) is 0 Å². The molecule has 0 aliphatic heterocycles. The highest BCUT2D eigenvalue weighted by Crippen LogP contribution is 2.24. The van der Waals surface area contributed by atoms with Crippen molar-refractivity contribution in [3.63, 3.8) is 0 Å². The molecule has 0 saturated heterocycles. The number of hydrogen-bond donors (Lipinski definition) is 2. The molecule has 0 radical (unpaired) electrons. The average Bonchev–Trinajstić information content (AvgIpc) is 2.04. The lowest BCUT2D eigenvalue weighted by Gasteiger charge is -2.18. The summed E-state index contributed by atoms with van der Waals surface area (Å²) in [6.45, 7) is 0. The predicted octanol–water partition coefficient (Wildman–Crippen LogP) is 2.45. The van der Waals surface area contributed by atoms with Crippen LogP contribution in [0.3, 0.4) is 0 Å². The second-order valence-corrected chi connectivity index (χ2v) is 3.81. The number of halogens is 1. The van der Waals surface area contributed by atoms with Crippen molar-refractivity contribution in [2.45, 2.75) is 25.7 Å². The monoisotopic (exact) mass is 264 g/mol. The van der Waals surface area contributed by atoms with Crippen LogP contribution in [0.1, 0.15) is 25.7 Å². The van der Waals surface area contributed by atoms with Crippen LogP contribution < -0.4 is 5.32 Å². The van der Waals surface area contributed by atoms with Gasteiger partial charge in [0.15, 0.2) is 0 Å². The highest BCUT2D eigenvalue weighted by molar-refractivity contribution is 14.1. The van der Waals surface area contributed by atoms with Gasteiger partial charge in [0.1, 0.15) is 0 Å². The lowest BCUT2D eigenvalue weighted by Crippen LogP contribution is -2.15. The molecule has 62 valence electrons. The van der Waals surface area contributed by atoms with Crippen LogP contribution in [0.25, 0.3) is 0 Å². The number of rotatable bonds is 2. The van der Waals surface area contributed by atoms with Crippen molar-refractivity contribution < 1.29 is 0 Å². The standard InChI is InChI=1S/C8H13IN2/c1-11-7-5-3-2-4-6(7)8(9)10/h10-11H,2-5H2,1H3. The number of nitrogens with one attached hydrogen (secondary N) is 2. The molecule has 2 N–H and O–H groups in total. The third-order valence-electron chi connectivity index (χ3n) is 2.03. The topological polar surface area (TPSA) is 35.9 Å². The Morgan fingerprint density at radius 3 is 2.55 bits per heavy atom. The van der Waals surface area contributed by atoms with E-state index in [4.69, 9.17) is 5.41 Å². The van der Waals surface area contributed by atoms with Crippen LogP contribution in [0.4, 0.5) is 0 Å². The molecular formula is C8H13IN2. The highest BCUT2D eigenvalue weighted by atomic mass is 127. The van der Waals surface area contributed by atoms with E-state index in [0.717, 1.165) is 12.8 Å². The normalized spacial score (nSPS) is 18.4. The van der Waals surface area contributed by atoms with E-state index in [-0.39, 0.29) is 0 Å². The Labute approximate surface area is 81.1 Å². The molecule has 1 rings (SSSR count). The van der Waals surface area contributed by atoms with Crippen LogP contribution in [0.15, 0.2) is 11.3 Å². The number of allylic oxidation sites excluding steroid dienone is 2. The molecule has 11 heavy (non-hydrogen) atoms. The van der Waals surface area contributed by atoms with Crippen molar-refractivity contribution >= 4 is 26.3 Å². The largest absolute Gasteiger partial charge is 0.391 e. The van der Waals surface area contributed by atoms with Gasteiger partial charge in [-0.25, -0.2) is 0 Å². The van der Waals surface area contributed by atoms with Gasteiger partial charge in [-0.3, -0.25) is 5.41 Å². The van der Waals surface area contributed by atoms with E-state index in [0.29, 0.717) is 3.72 Å². The first-order valence-corrected chi connectivity index (χ1v) is 4.97. The number of hydrogen-bond acceptors (Lipinski definition) is 2. The lowest BCUT2D eigenvalue weighted by atomic mass is 9.97. The summed E-state index contributed by atoms with van der Waals surface area (Å²) in [6, 6.07) is 0. The van der Waals surface area contributed by atoms with Crippen LogP contribution in [-0.2, 0) is 0 Å². The first-order chi connectivity index (χ1) is 5.25. The van der Waals surface area contributed by atoms with E-state index < -0.39 is 0 Å². The van der Waals surface area contributed by atoms with Gasteiger partial charge in [-0.05, 0) is 48.3 Å². The van der Waals surface area contributed by atoms with E-state index in [1.165, 1.54) is 24.1 Å². The van der Waals surface area contributed by atoms with Gasteiger partial charge in [0.05, 0.1) is 3.72 Å². The predicted molar refractivity (Wildman–Crippen MR) is 56.3 cm³/mol. The maximum Gasteiger partial charge on any atom is 0.0968 e. The van der Waals surface area contributed by atoms with Gasteiger partial charge in [0.25, 0.3) is 0 Å². The molecule has 0 aromatic heterocycles. The fourth-order valence-corrected chi connectivity index (χ4v) is 2.02. The van der Waals surface area contributed by atoms with Crippen molar-refractivity contribution in [1.29, 1.82) is 5.41 Å². The molecule has 0 amide bonds. The quantitative estimate of drug-likeness (QED) is 0.583. The van der Waals surface area contributed by atoms with Crippen molar-refractivity contribution in [2.75, 3.05) is 7.05 Å². The Morgan fingerprint density at radius 2 is 2.09 bits per heavy atom. The van der Waals surface area contributed by atoms with Gasteiger partial charge in [0, 0.05) is 18.3 Å². The molecule has 0 saturated carbocycles. The summed E-state index contributed by atoms with van der Waals surface area (Å²) in [5, 5.41) is 10.7. The molecule has 0 unspecified atom stereocenters. The van der Waals surface area contributed by atoms with Crippen molar-refractivity contribution in [1.82, 2.24) is 5.32 Å². The maximum absolute atomic E-state index is 7.51. The summed E-state index contributed by atoms with van der Waals surface area (Å²) in [5.74, 6) is 0. The average molecular weight is 264 g/mol. The van der Waals surface area contributed by atoms with Crippen molar-refractivity contribution in [3.8, 4) is 0 Å². The zero-order valence-electron chi connectivity index (χ0n) is 6.71.